The second-order valence-electron chi connectivity index (χ2n) is 16.2. The molecule has 324 valence electrons. The van der Waals surface area contributed by atoms with Crippen molar-refractivity contribution in [3.63, 3.8) is 0 Å². The van der Waals surface area contributed by atoms with Crippen LogP contribution in [0.1, 0.15) is 206 Å². The van der Waals surface area contributed by atoms with E-state index in [0.717, 1.165) is 38.5 Å². The Morgan fingerprint density at radius 3 is 1.47 bits per heavy atom. The van der Waals surface area contributed by atoms with E-state index in [1.807, 2.05) is 6.08 Å². The van der Waals surface area contributed by atoms with Gasteiger partial charge in [-0.3, -0.25) is 4.79 Å². The SMILES string of the molecule is CCCCCCCCCC/C=C\CCCCCCCCCC(=O)NC(COC1OC(CO)C(O)C(O)C1O)C(O)/C=C/CCCCCCCCCCCCC. The number of allylic oxidation sites excluding steroid dienone is 3. The summed E-state index contributed by atoms with van der Waals surface area (Å²) in [5.41, 5.74) is 0. The Morgan fingerprint density at radius 1 is 0.600 bits per heavy atom. The molecule has 55 heavy (non-hydrogen) atoms. The standard InChI is InChI=1S/C46H87NO8/c1-3-5-7-9-11-13-15-17-18-19-20-21-22-24-26-28-30-32-34-36-42(50)47-39(38-54-46-45(53)44(52)43(51)41(37-48)55-46)40(49)35-33-31-29-27-25-23-16-14-12-10-8-6-4-2/h19-20,33,35,39-41,43-46,48-49,51-53H,3-18,21-32,34,36-38H2,1-2H3,(H,47,50)/b20-19-,35-33+. The third-order valence-corrected chi connectivity index (χ3v) is 11.0. The molecule has 1 amide bonds. The molecule has 0 aromatic rings. The summed E-state index contributed by atoms with van der Waals surface area (Å²) in [6.07, 6.45) is 36.4. The Labute approximate surface area is 337 Å². The lowest BCUT2D eigenvalue weighted by Gasteiger charge is -2.40. The van der Waals surface area contributed by atoms with Crippen LogP contribution in [0.25, 0.3) is 0 Å². The van der Waals surface area contributed by atoms with Crippen LogP contribution >= 0.6 is 0 Å². The van der Waals surface area contributed by atoms with Crippen molar-refractivity contribution in [2.45, 2.75) is 249 Å². The van der Waals surface area contributed by atoms with Crippen molar-refractivity contribution in [2.75, 3.05) is 13.2 Å². The zero-order valence-corrected chi connectivity index (χ0v) is 35.4. The van der Waals surface area contributed by atoms with E-state index in [1.54, 1.807) is 6.08 Å². The van der Waals surface area contributed by atoms with Gasteiger partial charge in [0.15, 0.2) is 6.29 Å². The normalized spacial score (nSPS) is 21.5. The van der Waals surface area contributed by atoms with E-state index < -0.39 is 49.5 Å². The van der Waals surface area contributed by atoms with E-state index in [-0.39, 0.29) is 12.5 Å². The number of hydrogen-bond acceptors (Lipinski definition) is 8. The summed E-state index contributed by atoms with van der Waals surface area (Å²) >= 11 is 0. The van der Waals surface area contributed by atoms with Gasteiger partial charge in [-0.2, -0.15) is 0 Å². The maximum absolute atomic E-state index is 12.9. The van der Waals surface area contributed by atoms with Crippen molar-refractivity contribution in [2.24, 2.45) is 0 Å². The molecule has 1 aliphatic heterocycles. The monoisotopic (exact) mass is 782 g/mol. The van der Waals surface area contributed by atoms with Crippen LogP contribution in [-0.2, 0) is 14.3 Å². The zero-order valence-electron chi connectivity index (χ0n) is 35.4. The summed E-state index contributed by atoms with van der Waals surface area (Å²) in [5.74, 6) is -0.182. The van der Waals surface area contributed by atoms with Gasteiger partial charge in [0.05, 0.1) is 25.4 Å². The molecule has 7 unspecified atom stereocenters. The van der Waals surface area contributed by atoms with Gasteiger partial charge in [-0.1, -0.05) is 179 Å². The number of carbonyl (C=O) groups excluding carboxylic acids is 1. The number of amides is 1. The lowest BCUT2D eigenvalue weighted by atomic mass is 9.99. The molecule has 6 N–H and O–H groups in total. The van der Waals surface area contributed by atoms with E-state index in [1.165, 1.54) is 148 Å². The molecule has 1 fully saturated rings. The van der Waals surface area contributed by atoms with Crippen LogP contribution in [0, 0.1) is 0 Å². The Bertz CT molecular complexity index is 914. The average molecular weight is 782 g/mol. The zero-order chi connectivity index (χ0) is 40.2. The molecule has 0 aromatic carbocycles. The van der Waals surface area contributed by atoms with E-state index in [4.69, 9.17) is 9.47 Å². The van der Waals surface area contributed by atoms with Crippen molar-refractivity contribution in [3.05, 3.63) is 24.3 Å². The highest BCUT2D eigenvalue weighted by Crippen LogP contribution is 2.22. The molecular formula is C46H87NO8. The maximum Gasteiger partial charge on any atom is 0.220 e. The van der Waals surface area contributed by atoms with Gasteiger partial charge in [0.25, 0.3) is 0 Å². The van der Waals surface area contributed by atoms with Crippen LogP contribution in [0.15, 0.2) is 24.3 Å². The third-order valence-electron chi connectivity index (χ3n) is 11.0. The number of aliphatic hydroxyl groups excluding tert-OH is 5. The topological polar surface area (TPSA) is 149 Å². The molecule has 1 heterocycles. The van der Waals surface area contributed by atoms with Gasteiger partial charge < -0.3 is 40.3 Å². The van der Waals surface area contributed by atoms with Crippen LogP contribution in [0.3, 0.4) is 0 Å². The van der Waals surface area contributed by atoms with Gasteiger partial charge in [-0.05, 0) is 44.9 Å². The first-order valence-corrected chi connectivity index (χ1v) is 23.1. The molecule has 0 aromatic heterocycles. The highest BCUT2D eigenvalue weighted by Gasteiger charge is 2.44. The molecule has 9 heteroatoms. The minimum Gasteiger partial charge on any atom is -0.394 e. The van der Waals surface area contributed by atoms with Gasteiger partial charge in [0.2, 0.25) is 5.91 Å². The van der Waals surface area contributed by atoms with E-state index in [9.17, 15) is 30.3 Å². The number of rotatable bonds is 38. The first-order valence-electron chi connectivity index (χ1n) is 23.1. The van der Waals surface area contributed by atoms with Crippen LogP contribution < -0.4 is 5.32 Å². The summed E-state index contributed by atoms with van der Waals surface area (Å²) in [5, 5.41) is 54.1. The highest BCUT2D eigenvalue weighted by atomic mass is 16.7. The van der Waals surface area contributed by atoms with E-state index in [2.05, 4.69) is 31.3 Å². The predicted octanol–water partition coefficient (Wildman–Crippen LogP) is 9.50. The lowest BCUT2D eigenvalue weighted by molar-refractivity contribution is -0.302. The number of carbonyl (C=O) groups is 1. The van der Waals surface area contributed by atoms with Crippen LogP contribution in [0.5, 0.6) is 0 Å². The van der Waals surface area contributed by atoms with Crippen molar-refractivity contribution in [1.29, 1.82) is 0 Å². The number of nitrogens with one attached hydrogen (secondary N) is 1. The number of aliphatic hydroxyl groups is 5. The molecule has 0 saturated carbocycles. The Morgan fingerprint density at radius 2 is 1.02 bits per heavy atom. The molecule has 0 aliphatic carbocycles. The number of unbranched alkanes of at least 4 members (excludes halogenated alkanes) is 26. The second kappa shape index (κ2) is 37.0. The minimum atomic E-state index is -1.56. The van der Waals surface area contributed by atoms with Crippen LogP contribution in [-0.4, -0.2) is 87.5 Å². The van der Waals surface area contributed by atoms with Crippen molar-refractivity contribution in [3.8, 4) is 0 Å². The molecule has 1 saturated heterocycles. The minimum absolute atomic E-state index is 0.182. The largest absolute Gasteiger partial charge is 0.394 e. The molecule has 9 nitrogen and oxygen atoms in total. The molecule has 0 radical (unpaired) electrons. The molecule has 0 spiro atoms. The Hall–Kier alpha value is -1.33. The summed E-state index contributed by atoms with van der Waals surface area (Å²) in [7, 11) is 0. The summed E-state index contributed by atoms with van der Waals surface area (Å²) in [4.78, 5) is 12.9. The first kappa shape index (κ1) is 51.7. The summed E-state index contributed by atoms with van der Waals surface area (Å²) in [6, 6.07) is -0.803. The van der Waals surface area contributed by atoms with E-state index >= 15 is 0 Å². The fraction of sp³-hybridized carbons (Fsp3) is 0.891. The second-order valence-corrected chi connectivity index (χ2v) is 16.2. The van der Waals surface area contributed by atoms with Crippen molar-refractivity contribution >= 4 is 5.91 Å². The van der Waals surface area contributed by atoms with Gasteiger partial charge in [-0.25, -0.2) is 0 Å². The first-order chi connectivity index (χ1) is 26.8. The quantitative estimate of drug-likeness (QED) is 0.0268. The number of hydrogen-bond donors (Lipinski definition) is 6. The highest BCUT2D eigenvalue weighted by molar-refractivity contribution is 5.76. The predicted molar refractivity (Wildman–Crippen MR) is 226 cm³/mol. The fourth-order valence-electron chi connectivity index (χ4n) is 7.27. The van der Waals surface area contributed by atoms with Crippen molar-refractivity contribution < 1.29 is 39.8 Å². The van der Waals surface area contributed by atoms with Crippen LogP contribution in [0.2, 0.25) is 0 Å². The van der Waals surface area contributed by atoms with Crippen molar-refractivity contribution in [1.82, 2.24) is 5.32 Å². The molecular weight excluding hydrogens is 695 g/mol. The van der Waals surface area contributed by atoms with Crippen LogP contribution in [0.4, 0.5) is 0 Å². The number of ether oxygens (including phenoxy) is 2. The van der Waals surface area contributed by atoms with E-state index in [0.29, 0.717) is 6.42 Å². The molecule has 1 rings (SSSR count). The summed E-state index contributed by atoms with van der Waals surface area (Å²) < 4.78 is 11.2. The lowest BCUT2D eigenvalue weighted by Crippen LogP contribution is -2.60. The Balaban J connectivity index is 2.34. The van der Waals surface area contributed by atoms with Gasteiger partial charge >= 0.3 is 0 Å². The van der Waals surface area contributed by atoms with Gasteiger partial charge in [0, 0.05) is 6.42 Å². The molecule has 0 bridgehead atoms. The molecule has 1 aliphatic rings. The average Bonchev–Trinajstić information content (AvgIpc) is 3.18. The fourth-order valence-corrected chi connectivity index (χ4v) is 7.27. The molecule has 7 atom stereocenters. The summed E-state index contributed by atoms with van der Waals surface area (Å²) in [6.45, 7) is 3.76. The third kappa shape index (κ3) is 27.9. The Kier molecular flexibility index (Phi) is 34.7. The van der Waals surface area contributed by atoms with Gasteiger partial charge in [0.1, 0.15) is 24.4 Å². The maximum atomic E-state index is 12.9. The smallest absolute Gasteiger partial charge is 0.220 e. The van der Waals surface area contributed by atoms with Gasteiger partial charge in [-0.15, -0.1) is 0 Å².